The van der Waals surface area contributed by atoms with E-state index >= 15 is 0 Å². The third-order valence-corrected chi connectivity index (χ3v) is 3.56. The number of hydrogen-bond acceptors (Lipinski definition) is 4. The molecule has 0 unspecified atom stereocenters. The van der Waals surface area contributed by atoms with Crippen molar-refractivity contribution in [1.29, 1.82) is 0 Å². The molecule has 0 fully saturated rings. The van der Waals surface area contributed by atoms with Crippen LogP contribution in [-0.2, 0) is 0 Å². The van der Waals surface area contributed by atoms with Crippen molar-refractivity contribution in [2.24, 2.45) is 0 Å². The van der Waals surface area contributed by atoms with Crippen LogP contribution in [0.5, 0.6) is 5.75 Å². The molecule has 1 amide bonds. The van der Waals surface area contributed by atoms with E-state index in [9.17, 15) is 13.6 Å². The Bertz CT molecular complexity index is 948. The first-order valence-corrected chi connectivity index (χ1v) is 7.69. The summed E-state index contributed by atoms with van der Waals surface area (Å²) in [7, 11) is 1.56. The van der Waals surface area contributed by atoms with Crippen LogP contribution in [0.3, 0.4) is 0 Å². The molecule has 0 aliphatic rings. The van der Waals surface area contributed by atoms with E-state index < -0.39 is 17.5 Å². The van der Waals surface area contributed by atoms with Gasteiger partial charge in [-0.3, -0.25) is 9.78 Å². The van der Waals surface area contributed by atoms with Gasteiger partial charge in [-0.25, -0.2) is 8.78 Å². The van der Waals surface area contributed by atoms with Crippen LogP contribution in [-0.4, -0.2) is 18.0 Å². The summed E-state index contributed by atoms with van der Waals surface area (Å²) in [5.74, 6) is -1.55. The summed E-state index contributed by atoms with van der Waals surface area (Å²) in [6, 6.07) is 13.4. The minimum Gasteiger partial charge on any atom is -0.495 e. The Kier molecular flexibility index (Phi) is 5.07. The van der Waals surface area contributed by atoms with E-state index in [4.69, 9.17) is 4.74 Å². The average molecular weight is 355 g/mol. The number of nitrogens with zero attached hydrogens (tertiary/aromatic N) is 1. The molecule has 0 aliphatic carbocycles. The van der Waals surface area contributed by atoms with E-state index in [1.54, 1.807) is 19.2 Å². The molecule has 2 aromatic carbocycles. The third kappa shape index (κ3) is 3.94. The number of carbonyl (C=O) groups excluding carboxylic acids is 1. The number of rotatable bonds is 5. The molecule has 0 saturated carbocycles. The molecule has 0 atom stereocenters. The standard InChI is InChI=1S/C19H15F2N3O2/c1-26-18-5-3-2-4-16(18)23-13-8-9-22-17(11-13)19(25)24-15-7-6-12(20)10-14(15)21/h2-11H,1H3,(H,22,23)(H,24,25). The Balaban J connectivity index is 1.79. The van der Waals surface area contributed by atoms with Gasteiger partial charge in [0, 0.05) is 18.0 Å². The first kappa shape index (κ1) is 17.3. The van der Waals surface area contributed by atoms with Gasteiger partial charge in [0.05, 0.1) is 18.5 Å². The molecule has 3 aromatic rings. The van der Waals surface area contributed by atoms with Crippen LogP contribution in [0.1, 0.15) is 10.5 Å². The number of aromatic nitrogens is 1. The van der Waals surface area contributed by atoms with Crippen molar-refractivity contribution in [2.45, 2.75) is 0 Å². The molecule has 7 heteroatoms. The second kappa shape index (κ2) is 7.60. The second-order valence-corrected chi connectivity index (χ2v) is 5.33. The Morgan fingerprint density at radius 2 is 1.85 bits per heavy atom. The third-order valence-electron chi connectivity index (χ3n) is 3.56. The van der Waals surface area contributed by atoms with Crippen LogP contribution in [0.4, 0.5) is 25.8 Å². The normalized spacial score (nSPS) is 10.3. The summed E-state index contributed by atoms with van der Waals surface area (Å²) in [5, 5.41) is 5.50. The van der Waals surface area contributed by atoms with E-state index in [1.165, 1.54) is 12.3 Å². The minimum absolute atomic E-state index is 0.0774. The zero-order valence-corrected chi connectivity index (χ0v) is 13.8. The molecule has 0 radical (unpaired) electrons. The number of hydrogen-bond donors (Lipinski definition) is 2. The van der Waals surface area contributed by atoms with Gasteiger partial charge in [0.1, 0.15) is 23.1 Å². The molecule has 1 heterocycles. The van der Waals surface area contributed by atoms with Crippen molar-refractivity contribution in [3.8, 4) is 5.75 Å². The van der Waals surface area contributed by atoms with Gasteiger partial charge >= 0.3 is 0 Å². The second-order valence-electron chi connectivity index (χ2n) is 5.33. The van der Waals surface area contributed by atoms with Gasteiger partial charge in [-0.05, 0) is 36.4 Å². The number of ether oxygens (including phenoxy) is 1. The fourth-order valence-corrected chi connectivity index (χ4v) is 2.31. The highest BCUT2D eigenvalue weighted by Crippen LogP contribution is 2.27. The van der Waals surface area contributed by atoms with Crippen molar-refractivity contribution in [3.63, 3.8) is 0 Å². The number of halogens is 2. The molecule has 132 valence electrons. The Hall–Kier alpha value is -3.48. The molecule has 0 saturated heterocycles. The van der Waals surface area contributed by atoms with E-state index in [-0.39, 0.29) is 11.4 Å². The lowest BCUT2D eigenvalue weighted by atomic mass is 10.2. The highest BCUT2D eigenvalue weighted by molar-refractivity contribution is 6.03. The summed E-state index contributed by atoms with van der Waals surface area (Å²) >= 11 is 0. The van der Waals surface area contributed by atoms with Crippen molar-refractivity contribution in [3.05, 3.63) is 78.1 Å². The van der Waals surface area contributed by atoms with Crippen molar-refractivity contribution in [1.82, 2.24) is 4.98 Å². The largest absolute Gasteiger partial charge is 0.495 e. The lowest BCUT2D eigenvalue weighted by molar-refractivity contribution is 0.102. The van der Waals surface area contributed by atoms with Crippen LogP contribution in [0.2, 0.25) is 0 Å². The molecule has 3 rings (SSSR count). The van der Waals surface area contributed by atoms with E-state index in [1.807, 2.05) is 18.2 Å². The first-order chi connectivity index (χ1) is 12.6. The number of pyridine rings is 1. The summed E-state index contributed by atoms with van der Waals surface area (Å²) in [6.07, 6.45) is 1.45. The van der Waals surface area contributed by atoms with Gasteiger partial charge < -0.3 is 15.4 Å². The van der Waals surface area contributed by atoms with Gasteiger partial charge in [0.15, 0.2) is 0 Å². The predicted molar refractivity (Wildman–Crippen MR) is 94.8 cm³/mol. The molecule has 2 N–H and O–H groups in total. The van der Waals surface area contributed by atoms with Crippen LogP contribution in [0.15, 0.2) is 60.8 Å². The number of amides is 1. The molecule has 0 spiro atoms. The van der Waals surface area contributed by atoms with Gasteiger partial charge in [-0.2, -0.15) is 0 Å². The molecule has 5 nitrogen and oxygen atoms in total. The van der Waals surface area contributed by atoms with E-state index in [0.29, 0.717) is 17.5 Å². The van der Waals surface area contributed by atoms with Crippen LogP contribution < -0.4 is 15.4 Å². The maximum atomic E-state index is 13.7. The first-order valence-electron chi connectivity index (χ1n) is 7.69. The number of methoxy groups -OCH3 is 1. The van der Waals surface area contributed by atoms with E-state index in [0.717, 1.165) is 17.8 Å². The minimum atomic E-state index is -0.860. The van der Waals surface area contributed by atoms with Gasteiger partial charge in [0.2, 0.25) is 0 Å². The highest BCUT2D eigenvalue weighted by Gasteiger charge is 2.12. The maximum Gasteiger partial charge on any atom is 0.274 e. The summed E-state index contributed by atoms with van der Waals surface area (Å²) in [4.78, 5) is 16.3. The topological polar surface area (TPSA) is 63.2 Å². The Morgan fingerprint density at radius 1 is 1.04 bits per heavy atom. The highest BCUT2D eigenvalue weighted by atomic mass is 19.1. The molecule has 0 aliphatic heterocycles. The number of benzene rings is 2. The average Bonchev–Trinajstić information content (AvgIpc) is 2.64. The van der Waals surface area contributed by atoms with E-state index in [2.05, 4.69) is 15.6 Å². The number of para-hydroxylation sites is 2. The quantitative estimate of drug-likeness (QED) is 0.714. The zero-order chi connectivity index (χ0) is 18.5. The van der Waals surface area contributed by atoms with Crippen molar-refractivity contribution in [2.75, 3.05) is 17.7 Å². The SMILES string of the molecule is COc1ccccc1Nc1ccnc(C(=O)Nc2ccc(F)cc2F)c1. The van der Waals surface area contributed by atoms with Crippen LogP contribution >= 0.6 is 0 Å². The van der Waals surface area contributed by atoms with Gasteiger partial charge in [0.25, 0.3) is 5.91 Å². The van der Waals surface area contributed by atoms with Crippen molar-refractivity contribution < 1.29 is 18.3 Å². The van der Waals surface area contributed by atoms with Crippen molar-refractivity contribution >= 4 is 23.0 Å². The van der Waals surface area contributed by atoms with Crippen LogP contribution in [0, 0.1) is 11.6 Å². The summed E-state index contributed by atoms with van der Waals surface area (Å²) in [5.41, 5.74) is 1.28. The number of carbonyl (C=O) groups is 1. The lowest BCUT2D eigenvalue weighted by Crippen LogP contribution is -2.15. The predicted octanol–water partition coefficient (Wildman–Crippen LogP) is 4.36. The summed E-state index contributed by atoms with van der Waals surface area (Å²) in [6.45, 7) is 0. The molecular formula is C19H15F2N3O2. The van der Waals surface area contributed by atoms with Gasteiger partial charge in [-0.15, -0.1) is 0 Å². The van der Waals surface area contributed by atoms with Gasteiger partial charge in [-0.1, -0.05) is 12.1 Å². The number of anilines is 3. The fraction of sp³-hybridized carbons (Fsp3) is 0.0526. The van der Waals surface area contributed by atoms with Crippen LogP contribution in [0.25, 0.3) is 0 Å². The lowest BCUT2D eigenvalue weighted by Gasteiger charge is -2.11. The molecule has 1 aromatic heterocycles. The Morgan fingerprint density at radius 3 is 2.62 bits per heavy atom. The smallest absolute Gasteiger partial charge is 0.274 e. The molecular weight excluding hydrogens is 340 g/mol. The monoisotopic (exact) mass is 355 g/mol. The molecule has 0 bridgehead atoms. The Labute approximate surface area is 148 Å². The maximum absolute atomic E-state index is 13.7. The fourth-order valence-electron chi connectivity index (χ4n) is 2.31. The summed E-state index contributed by atoms with van der Waals surface area (Å²) < 4.78 is 31.9. The zero-order valence-electron chi connectivity index (χ0n) is 13.8. The number of nitrogens with one attached hydrogen (secondary N) is 2. The molecule has 26 heavy (non-hydrogen) atoms.